The molecule has 2 nitrogen and oxygen atoms in total. The molecule has 1 rings (SSSR count). The van der Waals surface area contributed by atoms with Crippen LogP contribution in [0.1, 0.15) is 44.3 Å². The number of nitrogens with two attached hydrogens (primary N) is 1. The molecule has 0 bridgehead atoms. The van der Waals surface area contributed by atoms with Gasteiger partial charge in [0.05, 0.1) is 0 Å². The van der Waals surface area contributed by atoms with Crippen molar-refractivity contribution < 1.29 is 13.2 Å². The molecule has 1 aromatic heterocycles. The molecule has 0 amide bonds. The Labute approximate surface area is 82.1 Å². The molecule has 0 unspecified atom stereocenters. The van der Waals surface area contributed by atoms with Gasteiger partial charge in [0.15, 0.2) is 5.76 Å². The van der Waals surface area contributed by atoms with E-state index in [0.29, 0.717) is 11.3 Å². The van der Waals surface area contributed by atoms with Crippen LogP contribution in [0.4, 0.5) is 8.78 Å². The van der Waals surface area contributed by atoms with Crippen LogP contribution >= 0.6 is 0 Å². The fourth-order valence-electron chi connectivity index (χ4n) is 1.16. The van der Waals surface area contributed by atoms with Crippen LogP contribution in [0.3, 0.4) is 0 Å². The molecular formula is C10H15F2NO. The highest BCUT2D eigenvalue weighted by atomic mass is 19.3. The zero-order valence-electron chi connectivity index (χ0n) is 8.60. The second kappa shape index (κ2) is 3.69. The Kier molecular flexibility index (Phi) is 2.95. The van der Waals surface area contributed by atoms with E-state index in [4.69, 9.17) is 10.2 Å². The van der Waals surface area contributed by atoms with Crippen LogP contribution in [0, 0.1) is 0 Å². The average Bonchev–Trinajstić information content (AvgIpc) is 2.45. The first-order chi connectivity index (χ1) is 6.36. The Morgan fingerprint density at radius 2 is 2.00 bits per heavy atom. The standard InChI is InChI=1S/C10H15F2NO/c1-10(2,3)7-4-6(5-13)8(14-7)9(11)12/h4,9H,5,13H2,1-3H3. The summed E-state index contributed by atoms with van der Waals surface area (Å²) < 4.78 is 30.0. The third-order valence-corrected chi connectivity index (χ3v) is 2.00. The minimum Gasteiger partial charge on any atom is -0.459 e. The van der Waals surface area contributed by atoms with Gasteiger partial charge in [-0.15, -0.1) is 0 Å². The van der Waals surface area contributed by atoms with Crippen LogP contribution in [0.5, 0.6) is 0 Å². The van der Waals surface area contributed by atoms with E-state index < -0.39 is 6.43 Å². The van der Waals surface area contributed by atoms with Gasteiger partial charge in [0.2, 0.25) is 0 Å². The van der Waals surface area contributed by atoms with Crippen molar-refractivity contribution in [2.75, 3.05) is 0 Å². The first kappa shape index (κ1) is 11.2. The van der Waals surface area contributed by atoms with E-state index in [1.807, 2.05) is 20.8 Å². The molecule has 0 atom stereocenters. The molecule has 0 aliphatic rings. The Morgan fingerprint density at radius 1 is 1.43 bits per heavy atom. The summed E-state index contributed by atoms with van der Waals surface area (Å²) in [6.07, 6.45) is -2.59. The molecule has 14 heavy (non-hydrogen) atoms. The molecule has 80 valence electrons. The van der Waals surface area contributed by atoms with Crippen LogP contribution in [0.25, 0.3) is 0 Å². The predicted octanol–water partition coefficient (Wildman–Crippen LogP) is 2.97. The maximum atomic E-state index is 12.5. The summed E-state index contributed by atoms with van der Waals surface area (Å²) in [5, 5.41) is 0. The topological polar surface area (TPSA) is 39.2 Å². The summed E-state index contributed by atoms with van der Waals surface area (Å²) in [5.41, 5.74) is 5.48. The normalized spacial score (nSPS) is 12.5. The number of hydrogen-bond acceptors (Lipinski definition) is 2. The monoisotopic (exact) mass is 203 g/mol. The van der Waals surface area contributed by atoms with Gasteiger partial charge in [0.1, 0.15) is 5.76 Å². The summed E-state index contributed by atoms with van der Waals surface area (Å²) in [6.45, 7) is 5.80. The highest BCUT2D eigenvalue weighted by Crippen LogP contribution is 2.32. The molecule has 0 aliphatic carbocycles. The van der Waals surface area contributed by atoms with E-state index >= 15 is 0 Å². The summed E-state index contributed by atoms with van der Waals surface area (Å²) in [6, 6.07) is 1.61. The van der Waals surface area contributed by atoms with E-state index in [9.17, 15) is 8.78 Å². The van der Waals surface area contributed by atoms with Crippen molar-refractivity contribution in [3.8, 4) is 0 Å². The van der Waals surface area contributed by atoms with Crippen molar-refractivity contribution in [2.24, 2.45) is 5.73 Å². The smallest absolute Gasteiger partial charge is 0.295 e. The van der Waals surface area contributed by atoms with Crippen molar-refractivity contribution >= 4 is 0 Å². The average molecular weight is 203 g/mol. The number of hydrogen-bond donors (Lipinski definition) is 1. The fourth-order valence-corrected chi connectivity index (χ4v) is 1.16. The van der Waals surface area contributed by atoms with E-state index in [2.05, 4.69) is 0 Å². The first-order valence-corrected chi connectivity index (χ1v) is 4.47. The number of rotatable bonds is 2. The quantitative estimate of drug-likeness (QED) is 0.802. The Morgan fingerprint density at radius 3 is 2.29 bits per heavy atom. The van der Waals surface area contributed by atoms with Crippen LogP contribution in [0.2, 0.25) is 0 Å². The molecule has 0 spiro atoms. The molecule has 2 N–H and O–H groups in total. The summed E-state index contributed by atoms with van der Waals surface area (Å²) in [7, 11) is 0. The highest BCUT2D eigenvalue weighted by molar-refractivity contribution is 5.25. The second-order valence-electron chi connectivity index (χ2n) is 4.25. The van der Waals surface area contributed by atoms with Crippen molar-refractivity contribution in [3.63, 3.8) is 0 Å². The van der Waals surface area contributed by atoms with E-state index in [0.717, 1.165) is 0 Å². The fraction of sp³-hybridized carbons (Fsp3) is 0.600. The van der Waals surface area contributed by atoms with Gasteiger partial charge < -0.3 is 10.2 Å². The number of halogens is 2. The predicted molar refractivity (Wildman–Crippen MR) is 50.3 cm³/mol. The third kappa shape index (κ3) is 2.12. The van der Waals surface area contributed by atoms with E-state index in [1.165, 1.54) is 0 Å². The highest BCUT2D eigenvalue weighted by Gasteiger charge is 2.24. The van der Waals surface area contributed by atoms with Crippen molar-refractivity contribution in [1.82, 2.24) is 0 Å². The minimum atomic E-state index is -2.59. The van der Waals surface area contributed by atoms with Crippen molar-refractivity contribution in [3.05, 3.63) is 23.2 Å². The van der Waals surface area contributed by atoms with Gasteiger partial charge >= 0.3 is 0 Å². The van der Waals surface area contributed by atoms with Gasteiger partial charge in [-0.05, 0) is 6.07 Å². The van der Waals surface area contributed by atoms with Crippen molar-refractivity contribution in [1.29, 1.82) is 0 Å². The Hall–Kier alpha value is -0.900. The van der Waals surface area contributed by atoms with Gasteiger partial charge in [-0.2, -0.15) is 0 Å². The molecule has 0 aromatic carbocycles. The van der Waals surface area contributed by atoms with Crippen LogP contribution < -0.4 is 5.73 Å². The van der Waals surface area contributed by atoms with Gasteiger partial charge in [-0.3, -0.25) is 0 Å². The van der Waals surface area contributed by atoms with E-state index in [-0.39, 0.29) is 17.7 Å². The van der Waals surface area contributed by atoms with Gasteiger partial charge in [-0.25, -0.2) is 8.78 Å². The second-order valence-corrected chi connectivity index (χ2v) is 4.25. The van der Waals surface area contributed by atoms with Crippen LogP contribution in [-0.4, -0.2) is 0 Å². The van der Waals surface area contributed by atoms with Gasteiger partial charge in [-0.1, -0.05) is 20.8 Å². The lowest BCUT2D eigenvalue weighted by molar-refractivity contribution is 0.116. The van der Waals surface area contributed by atoms with Crippen molar-refractivity contribution in [2.45, 2.75) is 39.2 Å². The molecule has 0 fully saturated rings. The maximum absolute atomic E-state index is 12.5. The lowest BCUT2D eigenvalue weighted by atomic mass is 9.93. The lowest BCUT2D eigenvalue weighted by Crippen LogP contribution is -2.09. The molecule has 1 aromatic rings. The zero-order valence-corrected chi connectivity index (χ0v) is 8.60. The SMILES string of the molecule is CC(C)(C)c1cc(CN)c(C(F)F)o1. The third-order valence-electron chi connectivity index (χ3n) is 2.00. The van der Waals surface area contributed by atoms with Gasteiger partial charge in [0.25, 0.3) is 6.43 Å². The Bertz CT molecular complexity index is 312. The molecule has 0 saturated carbocycles. The molecule has 1 heterocycles. The summed E-state index contributed by atoms with van der Waals surface area (Å²) in [4.78, 5) is 0. The van der Waals surface area contributed by atoms with E-state index in [1.54, 1.807) is 6.07 Å². The van der Waals surface area contributed by atoms with Crippen LogP contribution in [-0.2, 0) is 12.0 Å². The molecule has 4 heteroatoms. The zero-order chi connectivity index (χ0) is 10.9. The van der Waals surface area contributed by atoms with Gasteiger partial charge in [0, 0.05) is 17.5 Å². The molecule has 0 saturated heterocycles. The largest absolute Gasteiger partial charge is 0.459 e. The molecule has 0 radical (unpaired) electrons. The maximum Gasteiger partial charge on any atom is 0.295 e. The Balaban J connectivity index is 3.13. The molecule has 0 aliphatic heterocycles. The first-order valence-electron chi connectivity index (χ1n) is 4.47. The summed E-state index contributed by atoms with van der Waals surface area (Å²) >= 11 is 0. The molecular weight excluding hydrogens is 188 g/mol. The van der Waals surface area contributed by atoms with Crippen LogP contribution in [0.15, 0.2) is 10.5 Å². The summed E-state index contributed by atoms with van der Waals surface area (Å²) in [5.74, 6) is 0.255. The number of furan rings is 1. The minimum absolute atomic E-state index is 0.0826. The lowest BCUT2D eigenvalue weighted by Gasteiger charge is -2.13. The number of alkyl halides is 2.